The van der Waals surface area contributed by atoms with Crippen LogP contribution >= 0.6 is 0 Å². The molecule has 0 aliphatic heterocycles. The number of aryl methyl sites for hydroxylation is 1. The van der Waals surface area contributed by atoms with Crippen LogP contribution in [-0.4, -0.2) is 31.8 Å². The number of nitrogen functional groups attached to an aromatic ring is 1. The van der Waals surface area contributed by atoms with Gasteiger partial charge in [-0.1, -0.05) is 19.8 Å². The predicted molar refractivity (Wildman–Crippen MR) is 130 cm³/mol. The fourth-order valence-electron chi connectivity index (χ4n) is 3.45. The van der Waals surface area contributed by atoms with Crippen molar-refractivity contribution in [1.29, 1.82) is 0 Å². The molecule has 3 heterocycles. The number of hydrogen-bond donors (Lipinski definition) is 2. The van der Waals surface area contributed by atoms with Gasteiger partial charge in [-0.2, -0.15) is 18.3 Å². The van der Waals surface area contributed by atoms with Crippen LogP contribution in [0.4, 0.5) is 23.2 Å². The van der Waals surface area contributed by atoms with Gasteiger partial charge in [-0.05, 0) is 30.0 Å². The predicted octanol–water partition coefficient (Wildman–Crippen LogP) is 4.17. The Hall–Kier alpha value is -4.29. The van der Waals surface area contributed by atoms with Crippen LogP contribution in [0.15, 0.2) is 52.6 Å². The molecule has 13 heteroatoms. The number of ether oxygens (including phenoxy) is 1. The zero-order valence-electron chi connectivity index (χ0n) is 20.0. The van der Waals surface area contributed by atoms with E-state index in [9.17, 15) is 27.2 Å². The van der Waals surface area contributed by atoms with Crippen molar-refractivity contribution in [2.24, 2.45) is 0 Å². The Morgan fingerprint density at radius 1 is 1.11 bits per heavy atom. The molecule has 196 valence electrons. The van der Waals surface area contributed by atoms with Crippen LogP contribution in [0, 0.1) is 5.82 Å². The van der Waals surface area contributed by atoms with Crippen molar-refractivity contribution >= 4 is 16.5 Å². The molecule has 9 nitrogen and oxygen atoms in total. The van der Waals surface area contributed by atoms with Crippen LogP contribution in [0.1, 0.15) is 31.7 Å². The third-order valence-corrected chi connectivity index (χ3v) is 5.34. The Bertz CT molecular complexity index is 1480. The van der Waals surface area contributed by atoms with Crippen LogP contribution in [-0.2, 0) is 12.7 Å². The maximum absolute atomic E-state index is 14.5. The third kappa shape index (κ3) is 6.48. The van der Waals surface area contributed by atoms with Gasteiger partial charge in [0.05, 0.1) is 42.3 Å². The number of alkyl halides is 3. The van der Waals surface area contributed by atoms with Gasteiger partial charge in [-0.25, -0.2) is 19.5 Å². The van der Waals surface area contributed by atoms with Crippen molar-refractivity contribution in [3.05, 3.63) is 75.1 Å². The monoisotopic (exact) mass is 520 g/mol. The second-order valence-corrected chi connectivity index (χ2v) is 7.91. The molecule has 0 fully saturated rings. The van der Waals surface area contributed by atoms with Gasteiger partial charge in [-0.3, -0.25) is 9.59 Å². The molecule has 0 spiro atoms. The first-order valence-electron chi connectivity index (χ1n) is 11.2. The van der Waals surface area contributed by atoms with E-state index in [1.807, 2.05) is 6.07 Å². The van der Waals surface area contributed by atoms with Gasteiger partial charge in [-0.15, -0.1) is 0 Å². The van der Waals surface area contributed by atoms with Crippen LogP contribution < -0.4 is 21.6 Å². The molecule has 0 saturated carbocycles. The van der Waals surface area contributed by atoms with Gasteiger partial charge in [0.15, 0.2) is 11.6 Å². The maximum atomic E-state index is 14.5. The molecule has 3 N–H and O–H groups in total. The summed E-state index contributed by atoms with van der Waals surface area (Å²) in [5.74, 6) is 0.244. The van der Waals surface area contributed by atoms with Crippen molar-refractivity contribution in [2.75, 3.05) is 12.8 Å². The Morgan fingerprint density at radius 2 is 1.81 bits per heavy atom. The van der Waals surface area contributed by atoms with E-state index >= 15 is 0 Å². The number of rotatable bonds is 6. The fourth-order valence-corrected chi connectivity index (χ4v) is 3.45. The molecule has 4 rings (SSSR count). The molecular weight excluding hydrogens is 496 g/mol. The van der Waals surface area contributed by atoms with Gasteiger partial charge in [0, 0.05) is 12.7 Å². The topological polar surface area (TPSA) is 129 Å². The molecule has 0 unspecified atom stereocenters. The first-order chi connectivity index (χ1) is 17.6. The molecule has 0 radical (unpaired) electrons. The van der Waals surface area contributed by atoms with Gasteiger partial charge >= 0.3 is 6.18 Å². The summed E-state index contributed by atoms with van der Waals surface area (Å²) in [6.45, 7) is 2.76. The second-order valence-electron chi connectivity index (χ2n) is 7.91. The van der Waals surface area contributed by atoms with Crippen molar-refractivity contribution in [3.8, 4) is 17.1 Å². The number of hydrogen-bond acceptors (Lipinski definition) is 7. The summed E-state index contributed by atoms with van der Waals surface area (Å²) in [4.78, 5) is 31.4. The lowest BCUT2D eigenvalue weighted by molar-refractivity contribution is -0.138. The maximum Gasteiger partial charge on any atom is 0.423 e. The lowest BCUT2D eigenvalue weighted by atomic mass is 10.1. The SMILES string of the molecule is CCCCCn1ccc2cc(-c3ncc(OC)cn3)c(F)cc2c1=O.Nc1cn[nH]c(=O)c1C(F)(F)F. The van der Waals surface area contributed by atoms with E-state index in [-0.39, 0.29) is 16.9 Å². The number of nitrogens with one attached hydrogen (secondary N) is 1. The Labute approximate surface area is 208 Å². The molecule has 0 atom stereocenters. The molecular formula is C24H24F4N6O3. The standard InChI is InChI=1S/C19H20FN3O2.C5H4F3N3O/c1-3-4-5-7-23-8-6-13-9-16(17(20)10-15(13)19(23)24)18-21-11-14(25-2)12-22-18;6-5(7,8)3-2(9)1-10-11-4(3)12/h6,8-12H,3-5,7H2,1-2H3;1H,(H3,9,11,12). The number of unbranched alkanes of at least 4 members (excludes halogenated alkanes) is 2. The lowest BCUT2D eigenvalue weighted by Gasteiger charge is -2.09. The minimum absolute atomic E-state index is 0.172. The highest BCUT2D eigenvalue weighted by Crippen LogP contribution is 2.29. The normalized spacial score (nSPS) is 11.2. The largest absolute Gasteiger partial charge is 0.494 e. The van der Waals surface area contributed by atoms with E-state index < -0.39 is 28.8 Å². The minimum Gasteiger partial charge on any atom is -0.494 e. The summed E-state index contributed by atoms with van der Waals surface area (Å²) in [5.41, 5.74) is 1.58. The molecule has 0 aliphatic rings. The molecule has 0 aliphatic carbocycles. The minimum atomic E-state index is -4.74. The number of fused-ring (bicyclic) bond motifs is 1. The highest BCUT2D eigenvalue weighted by molar-refractivity contribution is 5.85. The number of methoxy groups -OCH3 is 1. The summed E-state index contributed by atoms with van der Waals surface area (Å²) < 4.78 is 57.1. The molecule has 0 bridgehead atoms. The lowest BCUT2D eigenvalue weighted by Crippen LogP contribution is -2.24. The highest BCUT2D eigenvalue weighted by atomic mass is 19.4. The number of anilines is 1. The summed E-state index contributed by atoms with van der Waals surface area (Å²) in [5, 5.41) is 5.78. The summed E-state index contributed by atoms with van der Waals surface area (Å²) in [7, 11) is 1.51. The number of pyridine rings is 1. The zero-order chi connectivity index (χ0) is 27.2. The Balaban J connectivity index is 0.000000266. The summed E-state index contributed by atoms with van der Waals surface area (Å²) >= 11 is 0. The number of aromatic nitrogens is 5. The summed E-state index contributed by atoms with van der Waals surface area (Å²) in [6, 6.07) is 4.72. The molecule has 0 saturated heterocycles. The van der Waals surface area contributed by atoms with E-state index in [1.54, 1.807) is 21.9 Å². The van der Waals surface area contributed by atoms with Gasteiger partial charge in [0.25, 0.3) is 11.1 Å². The molecule has 1 aromatic carbocycles. The van der Waals surface area contributed by atoms with Crippen molar-refractivity contribution in [3.63, 3.8) is 0 Å². The number of halogens is 4. The first kappa shape index (κ1) is 27.3. The van der Waals surface area contributed by atoms with Gasteiger partial charge in [0.1, 0.15) is 11.4 Å². The van der Waals surface area contributed by atoms with Crippen molar-refractivity contribution in [1.82, 2.24) is 24.7 Å². The number of benzene rings is 1. The third-order valence-electron chi connectivity index (χ3n) is 5.34. The number of H-pyrrole nitrogens is 1. The summed E-state index contributed by atoms with van der Waals surface area (Å²) in [6.07, 6.45) is 3.81. The average molecular weight is 520 g/mol. The smallest absolute Gasteiger partial charge is 0.423 e. The molecule has 37 heavy (non-hydrogen) atoms. The Morgan fingerprint density at radius 3 is 2.38 bits per heavy atom. The molecule has 3 aromatic heterocycles. The van der Waals surface area contributed by atoms with Crippen LogP contribution in [0.25, 0.3) is 22.2 Å². The van der Waals surface area contributed by atoms with Crippen LogP contribution in [0.5, 0.6) is 5.75 Å². The van der Waals surface area contributed by atoms with Gasteiger partial charge < -0.3 is 15.0 Å². The average Bonchev–Trinajstić information content (AvgIpc) is 2.85. The highest BCUT2D eigenvalue weighted by Gasteiger charge is 2.36. The fraction of sp³-hybridized carbons (Fsp3) is 0.292. The number of nitrogens with zero attached hydrogens (tertiary/aromatic N) is 4. The van der Waals surface area contributed by atoms with E-state index in [4.69, 9.17) is 10.5 Å². The van der Waals surface area contributed by atoms with Crippen molar-refractivity contribution in [2.45, 2.75) is 38.9 Å². The molecule has 4 aromatic rings. The first-order valence-corrected chi connectivity index (χ1v) is 11.2. The van der Waals surface area contributed by atoms with E-state index in [2.05, 4.69) is 22.0 Å². The van der Waals surface area contributed by atoms with E-state index in [0.717, 1.165) is 25.5 Å². The van der Waals surface area contributed by atoms with Crippen LogP contribution in [0.2, 0.25) is 0 Å². The van der Waals surface area contributed by atoms with E-state index in [0.29, 0.717) is 23.1 Å². The van der Waals surface area contributed by atoms with Crippen molar-refractivity contribution < 1.29 is 22.3 Å². The second kappa shape index (κ2) is 11.6. The number of aromatic amines is 1. The number of nitrogens with two attached hydrogens (primary N) is 1. The quantitative estimate of drug-likeness (QED) is 0.288. The van der Waals surface area contributed by atoms with Gasteiger partial charge in [0.2, 0.25) is 0 Å². The van der Waals surface area contributed by atoms with Crippen LogP contribution in [0.3, 0.4) is 0 Å². The molecule has 0 amide bonds. The van der Waals surface area contributed by atoms with E-state index in [1.165, 1.54) is 25.6 Å². The Kier molecular flexibility index (Phi) is 8.58. The zero-order valence-corrected chi connectivity index (χ0v) is 20.0.